The Balaban J connectivity index is 2.52. The Labute approximate surface area is 150 Å². The quantitative estimate of drug-likeness (QED) is 0.413. The van der Waals surface area contributed by atoms with Crippen molar-refractivity contribution in [1.29, 1.82) is 0 Å². The van der Waals surface area contributed by atoms with E-state index in [0.29, 0.717) is 24.1 Å². The van der Waals surface area contributed by atoms with Crippen LogP contribution in [-0.2, 0) is 16.7 Å². The topological polar surface area (TPSA) is 147 Å². The van der Waals surface area contributed by atoms with Crippen molar-refractivity contribution in [3.8, 4) is 5.88 Å². The summed E-state index contributed by atoms with van der Waals surface area (Å²) in [5.41, 5.74) is 6.45. The highest BCUT2D eigenvalue weighted by molar-refractivity contribution is 7.86. The number of hydrogen-bond donors (Lipinski definition) is 3. The molecule has 0 saturated carbocycles. The molecule has 0 bridgehead atoms. The van der Waals surface area contributed by atoms with E-state index in [4.69, 9.17) is 10.3 Å². The van der Waals surface area contributed by atoms with Gasteiger partial charge >= 0.3 is 0 Å². The third-order valence-corrected chi connectivity index (χ3v) is 4.86. The summed E-state index contributed by atoms with van der Waals surface area (Å²) < 4.78 is 32.6. The smallest absolute Gasteiger partial charge is 0.296 e. The molecule has 1 heterocycles. The summed E-state index contributed by atoms with van der Waals surface area (Å²) in [5, 5.41) is 18.3. The number of hydrogen-bond acceptors (Lipinski definition) is 7. The summed E-state index contributed by atoms with van der Waals surface area (Å²) in [4.78, 5) is 11.8. The summed E-state index contributed by atoms with van der Waals surface area (Å²) in [5.74, 6) is -0.286. The fourth-order valence-electron chi connectivity index (χ4n) is 2.42. The highest BCUT2D eigenvalue weighted by Crippen LogP contribution is 2.33. The van der Waals surface area contributed by atoms with Crippen LogP contribution in [0.2, 0.25) is 0 Å². The second-order valence-electron chi connectivity index (χ2n) is 5.78. The van der Waals surface area contributed by atoms with Gasteiger partial charge in [-0.05, 0) is 44.0 Å². The maximum absolute atomic E-state index is 12.2. The van der Waals surface area contributed by atoms with Gasteiger partial charge in [-0.1, -0.05) is 6.92 Å². The molecule has 26 heavy (non-hydrogen) atoms. The van der Waals surface area contributed by atoms with Gasteiger partial charge in [0.25, 0.3) is 15.7 Å². The molecule has 0 aliphatic rings. The second-order valence-corrected chi connectivity index (χ2v) is 7.17. The number of nitrogen functional groups attached to an aromatic ring is 1. The van der Waals surface area contributed by atoms with Crippen molar-refractivity contribution in [2.45, 2.75) is 38.6 Å². The van der Waals surface area contributed by atoms with E-state index in [1.54, 1.807) is 13.8 Å². The number of pyridine rings is 1. The number of azo groups is 1. The molecule has 2 aromatic rings. The molecular weight excluding hydrogens is 360 g/mol. The molecule has 0 radical (unpaired) electrons. The van der Waals surface area contributed by atoms with Crippen LogP contribution in [0.25, 0.3) is 0 Å². The van der Waals surface area contributed by atoms with Crippen molar-refractivity contribution in [2.24, 2.45) is 10.2 Å². The van der Waals surface area contributed by atoms with E-state index in [2.05, 4.69) is 10.2 Å². The van der Waals surface area contributed by atoms with Crippen LogP contribution in [0.1, 0.15) is 24.5 Å². The van der Waals surface area contributed by atoms with E-state index < -0.39 is 15.0 Å². The molecule has 0 unspecified atom stereocenters. The van der Waals surface area contributed by atoms with Gasteiger partial charge < -0.3 is 10.8 Å². The Morgan fingerprint density at radius 1 is 1.19 bits per heavy atom. The highest BCUT2D eigenvalue weighted by Gasteiger charge is 2.17. The normalized spacial score (nSPS) is 12.0. The zero-order valence-corrected chi connectivity index (χ0v) is 15.4. The van der Waals surface area contributed by atoms with Gasteiger partial charge in [0.15, 0.2) is 0 Å². The van der Waals surface area contributed by atoms with Crippen molar-refractivity contribution < 1.29 is 18.1 Å². The number of aromatic nitrogens is 1. The molecule has 0 saturated heterocycles. The number of nitrogens with zero attached hydrogens (tertiary/aromatic N) is 3. The first-order valence-corrected chi connectivity index (χ1v) is 9.23. The number of benzene rings is 1. The first-order valence-electron chi connectivity index (χ1n) is 7.79. The van der Waals surface area contributed by atoms with Crippen LogP contribution in [0.5, 0.6) is 5.88 Å². The highest BCUT2D eigenvalue weighted by atomic mass is 32.2. The van der Waals surface area contributed by atoms with Crippen LogP contribution >= 0.6 is 0 Å². The molecule has 2 rings (SSSR count). The van der Waals surface area contributed by atoms with Crippen LogP contribution in [0.4, 0.5) is 17.1 Å². The SMILES string of the molecule is CCCn1c(O)c(N=Nc2ccc(S(=O)(=O)O)c(N)c2)c(C)c(C)c1=O. The van der Waals surface area contributed by atoms with Gasteiger partial charge in [0, 0.05) is 12.1 Å². The van der Waals surface area contributed by atoms with E-state index in [1.165, 1.54) is 16.7 Å². The predicted molar refractivity (Wildman–Crippen MR) is 97.0 cm³/mol. The van der Waals surface area contributed by atoms with E-state index in [1.807, 2.05) is 6.92 Å². The Kier molecular flexibility index (Phi) is 5.47. The Morgan fingerprint density at radius 2 is 1.85 bits per heavy atom. The van der Waals surface area contributed by atoms with Gasteiger partial charge in [-0.15, -0.1) is 5.11 Å². The molecule has 0 amide bonds. The molecule has 0 spiro atoms. The fraction of sp³-hybridized carbons (Fsp3) is 0.312. The van der Waals surface area contributed by atoms with E-state index in [9.17, 15) is 18.3 Å². The Bertz CT molecular complexity index is 1040. The first kappa shape index (κ1) is 19.6. The molecule has 0 aliphatic carbocycles. The van der Waals surface area contributed by atoms with Gasteiger partial charge in [-0.3, -0.25) is 13.9 Å². The summed E-state index contributed by atoms with van der Waals surface area (Å²) in [6.07, 6.45) is 0.653. The largest absolute Gasteiger partial charge is 0.493 e. The van der Waals surface area contributed by atoms with Gasteiger partial charge in [-0.2, -0.15) is 13.5 Å². The second kappa shape index (κ2) is 7.26. The maximum Gasteiger partial charge on any atom is 0.296 e. The van der Waals surface area contributed by atoms with Crippen LogP contribution < -0.4 is 11.3 Å². The van der Waals surface area contributed by atoms with Crippen molar-refractivity contribution >= 4 is 27.2 Å². The molecule has 0 atom stereocenters. The minimum Gasteiger partial charge on any atom is -0.493 e. The lowest BCUT2D eigenvalue weighted by Gasteiger charge is -2.13. The average Bonchev–Trinajstić information content (AvgIpc) is 2.56. The van der Waals surface area contributed by atoms with Gasteiger partial charge in [0.2, 0.25) is 5.88 Å². The van der Waals surface area contributed by atoms with Gasteiger partial charge in [-0.25, -0.2) is 0 Å². The minimum absolute atomic E-state index is 0.146. The number of nitrogens with two attached hydrogens (primary N) is 1. The zero-order valence-electron chi connectivity index (χ0n) is 14.6. The van der Waals surface area contributed by atoms with Crippen LogP contribution in [0.3, 0.4) is 0 Å². The third kappa shape index (κ3) is 3.75. The standard InChI is InChI=1S/C16H20N4O5S/c1-4-7-20-15(21)10(3)9(2)14(16(20)22)19-18-11-5-6-13(12(17)8-11)26(23,24)25/h5-6,8,22H,4,7,17H2,1-3H3,(H,23,24,25). The molecule has 1 aromatic carbocycles. The lowest BCUT2D eigenvalue weighted by atomic mass is 10.1. The van der Waals surface area contributed by atoms with Crippen molar-refractivity contribution in [1.82, 2.24) is 4.57 Å². The summed E-state index contributed by atoms with van der Waals surface area (Å²) >= 11 is 0. The van der Waals surface area contributed by atoms with Crippen LogP contribution in [0.15, 0.2) is 38.1 Å². The van der Waals surface area contributed by atoms with Crippen molar-refractivity contribution in [3.63, 3.8) is 0 Å². The summed E-state index contributed by atoms with van der Waals surface area (Å²) in [6, 6.07) is 3.65. The molecule has 10 heteroatoms. The Hall–Kier alpha value is -2.72. The molecule has 9 nitrogen and oxygen atoms in total. The summed E-state index contributed by atoms with van der Waals surface area (Å²) in [6.45, 7) is 5.50. The lowest BCUT2D eigenvalue weighted by Crippen LogP contribution is -2.23. The average molecular weight is 380 g/mol. The van der Waals surface area contributed by atoms with E-state index in [0.717, 1.165) is 6.07 Å². The number of rotatable bonds is 5. The summed E-state index contributed by atoms with van der Waals surface area (Å²) in [7, 11) is -4.43. The molecule has 0 fully saturated rings. The minimum atomic E-state index is -4.43. The van der Waals surface area contributed by atoms with Crippen LogP contribution in [0, 0.1) is 13.8 Å². The number of aromatic hydroxyl groups is 1. The molecule has 4 N–H and O–H groups in total. The van der Waals surface area contributed by atoms with Crippen LogP contribution in [-0.4, -0.2) is 22.6 Å². The maximum atomic E-state index is 12.2. The third-order valence-electron chi connectivity index (χ3n) is 3.94. The van der Waals surface area contributed by atoms with Crippen molar-refractivity contribution in [2.75, 3.05) is 5.73 Å². The van der Waals surface area contributed by atoms with E-state index in [-0.39, 0.29) is 28.5 Å². The fourth-order valence-corrected chi connectivity index (χ4v) is 3.02. The van der Waals surface area contributed by atoms with E-state index >= 15 is 0 Å². The molecule has 1 aromatic heterocycles. The molecular formula is C16H20N4O5S. The number of anilines is 1. The predicted octanol–water partition coefficient (Wildman–Crippen LogP) is 2.83. The lowest BCUT2D eigenvalue weighted by molar-refractivity contribution is 0.405. The monoisotopic (exact) mass is 380 g/mol. The van der Waals surface area contributed by atoms with Crippen molar-refractivity contribution in [3.05, 3.63) is 39.7 Å². The zero-order chi connectivity index (χ0) is 19.6. The first-order chi connectivity index (χ1) is 12.1. The Morgan fingerprint density at radius 3 is 2.38 bits per heavy atom. The van der Waals surface area contributed by atoms with Gasteiger partial charge in [0.1, 0.15) is 10.6 Å². The molecule has 0 aliphatic heterocycles. The van der Waals surface area contributed by atoms with Gasteiger partial charge in [0.05, 0.1) is 11.4 Å². The molecule has 140 valence electrons.